The van der Waals surface area contributed by atoms with Crippen molar-refractivity contribution in [3.05, 3.63) is 48.0 Å². The summed E-state index contributed by atoms with van der Waals surface area (Å²) >= 11 is 0. The second-order valence-corrected chi connectivity index (χ2v) is 8.40. The predicted octanol–water partition coefficient (Wildman–Crippen LogP) is 3.76. The maximum Gasteiger partial charge on any atom is 0.311 e. The van der Waals surface area contributed by atoms with Crippen LogP contribution in [0.1, 0.15) is 32.3 Å². The second-order valence-electron chi connectivity index (χ2n) is 8.40. The summed E-state index contributed by atoms with van der Waals surface area (Å²) in [7, 11) is 0. The minimum Gasteiger partial charge on any atom is -0.454 e. The summed E-state index contributed by atoms with van der Waals surface area (Å²) in [6.07, 6.45) is 1.81. The van der Waals surface area contributed by atoms with Crippen molar-refractivity contribution in [2.45, 2.75) is 44.8 Å². The molecule has 0 spiro atoms. The minimum absolute atomic E-state index is 0.147. The highest BCUT2D eigenvalue weighted by molar-refractivity contribution is 5.75. The normalized spacial score (nSPS) is 33.1. The Kier molecular flexibility index (Phi) is 3.97. The zero-order valence-corrected chi connectivity index (χ0v) is 17.5. The van der Waals surface area contributed by atoms with Crippen LogP contribution in [-0.2, 0) is 15.3 Å². The molecule has 7 heteroatoms. The zero-order valence-electron chi connectivity index (χ0n) is 17.5. The van der Waals surface area contributed by atoms with E-state index in [4.69, 9.17) is 19.0 Å². The van der Waals surface area contributed by atoms with Crippen LogP contribution in [0.15, 0.2) is 42.5 Å². The van der Waals surface area contributed by atoms with Gasteiger partial charge in [-0.3, -0.25) is 0 Å². The van der Waals surface area contributed by atoms with E-state index in [9.17, 15) is 0 Å². The van der Waals surface area contributed by atoms with Gasteiger partial charge in [-0.15, -0.1) is 9.48 Å². The first-order valence-electron chi connectivity index (χ1n) is 10.9. The summed E-state index contributed by atoms with van der Waals surface area (Å²) in [6, 6.07) is 15.0. The number of benzene rings is 2. The van der Waals surface area contributed by atoms with Gasteiger partial charge in [0.15, 0.2) is 11.5 Å². The van der Waals surface area contributed by atoms with Crippen molar-refractivity contribution >= 4 is 11.4 Å². The molecule has 0 amide bonds. The lowest BCUT2D eigenvalue weighted by atomic mass is 9.89. The van der Waals surface area contributed by atoms with E-state index in [0.29, 0.717) is 17.3 Å². The van der Waals surface area contributed by atoms with Crippen LogP contribution in [0.5, 0.6) is 11.5 Å². The van der Waals surface area contributed by atoms with E-state index in [-0.39, 0.29) is 18.9 Å². The molecule has 0 aromatic heterocycles. The van der Waals surface area contributed by atoms with Gasteiger partial charge in [0.2, 0.25) is 13.1 Å². The summed E-state index contributed by atoms with van der Waals surface area (Å²) in [4.78, 5) is 8.99. The molecular weight excluding hydrogens is 382 g/mol. The maximum absolute atomic E-state index is 6.57. The molecule has 7 nitrogen and oxygen atoms in total. The molecule has 4 heterocycles. The van der Waals surface area contributed by atoms with Crippen molar-refractivity contribution in [3.8, 4) is 11.5 Å². The van der Waals surface area contributed by atoms with Gasteiger partial charge in [-0.25, -0.2) is 0 Å². The van der Waals surface area contributed by atoms with E-state index in [1.165, 1.54) is 11.3 Å². The number of rotatable bonds is 5. The fraction of sp³-hybridized carbons (Fsp3) is 0.478. The SMILES string of the molecule is CCOC1Nc2ccccc2N1C1CC[N+]2(CC)OC2(c2ccc3c(c2)OCO3)C1. The number of nitrogens with zero attached hydrogens (tertiary/aromatic N) is 2. The monoisotopic (exact) mass is 410 g/mol. The summed E-state index contributed by atoms with van der Waals surface area (Å²) in [5, 5.41) is 3.54. The third-order valence-corrected chi connectivity index (χ3v) is 7.05. The lowest BCUT2D eigenvalue weighted by Crippen LogP contribution is -2.52. The maximum atomic E-state index is 6.57. The standard InChI is InChI=1S/C23H28N3O4/c1-3-26-12-11-17(25-19-8-6-5-7-18(19)24-22(25)27-4-2)14-23(26,30-26)16-9-10-20-21(13-16)29-15-28-20/h5-10,13,17,22,24H,3-4,11-12,14-15H2,1-2H3/q+1. The highest BCUT2D eigenvalue weighted by atomic mass is 16.9. The van der Waals surface area contributed by atoms with Gasteiger partial charge in [0.25, 0.3) is 0 Å². The summed E-state index contributed by atoms with van der Waals surface area (Å²) < 4.78 is 17.9. The molecule has 4 atom stereocenters. The van der Waals surface area contributed by atoms with Gasteiger partial charge in [0, 0.05) is 19.1 Å². The van der Waals surface area contributed by atoms with Crippen LogP contribution in [0.2, 0.25) is 0 Å². The lowest BCUT2D eigenvalue weighted by Gasteiger charge is -2.38. The van der Waals surface area contributed by atoms with Crippen molar-refractivity contribution < 1.29 is 23.7 Å². The van der Waals surface area contributed by atoms with E-state index in [1.54, 1.807) is 0 Å². The Labute approximate surface area is 176 Å². The highest BCUT2D eigenvalue weighted by Crippen LogP contribution is 2.61. The molecule has 0 radical (unpaired) electrons. The molecule has 2 aromatic carbocycles. The van der Waals surface area contributed by atoms with Crippen LogP contribution < -0.4 is 19.7 Å². The molecule has 0 saturated carbocycles. The van der Waals surface area contributed by atoms with E-state index in [2.05, 4.69) is 53.5 Å². The number of hydrogen-bond acceptors (Lipinski definition) is 6. The first-order chi connectivity index (χ1) is 14.7. The van der Waals surface area contributed by atoms with Crippen molar-refractivity contribution in [3.63, 3.8) is 0 Å². The Balaban J connectivity index is 1.36. The van der Waals surface area contributed by atoms with Crippen molar-refractivity contribution in [2.24, 2.45) is 0 Å². The van der Waals surface area contributed by atoms with Crippen LogP contribution in [0.25, 0.3) is 0 Å². The molecule has 2 saturated heterocycles. The number of nitrogens with one attached hydrogen (secondary N) is 1. The molecule has 158 valence electrons. The van der Waals surface area contributed by atoms with Gasteiger partial charge in [-0.1, -0.05) is 12.1 Å². The topological polar surface area (TPSA) is 55.5 Å². The Morgan fingerprint density at radius 2 is 2.03 bits per heavy atom. The average molecular weight is 410 g/mol. The molecule has 30 heavy (non-hydrogen) atoms. The Morgan fingerprint density at radius 1 is 1.17 bits per heavy atom. The lowest BCUT2D eigenvalue weighted by molar-refractivity contribution is -0.933. The number of hydroxylamine groups is 3. The molecule has 4 unspecified atom stereocenters. The van der Waals surface area contributed by atoms with Crippen molar-refractivity contribution in [1.29, 1.82) is 0 Å². The average Bonchev–Trinajstić information content (AvgIpc) is 3.04. The Bertz CT molecular complexity index is 985. The largest absolute Gasteiger partial charge is 0.454 e. The summed E-state index contributed by atoms with van der Waals surface area (Å²) in [6.45, 7) is 7.13. The molecule has 1 N–H and O–H groups in total. The van der Waals surface area contributed by atoms with E-state index < -0.39 is 0 Å². The number of para-hydroxylation sites is 2. The van der Waals surface area contributed by atoms with Gasteiger partial charge >= 0.3 is 5.72 Å². The van der Waals surface area contributed by atoms with Crippen LogP contribution in [0.4, 0.5) is 11.4 Å². The number of ether oxygens (including phenoxy) is 3. The van der Waals surface area contributed by atoms with E-state index in [0.717, 1.165) is 43.1 Å². The quantitative estimate of drug-likeness (QED) is 0.598. The molecule has 0 aliphatic carbocycles. The third kappa shape index (κ3) is 2.43. The van der Waals surface area contributed by atoms with Crippen LogP contribution in [-0.4, -0.2) is 43.5 Å². The van der Waals surface area contributed by atoms with Crippen LogP contribution in [0, 0.1) is 0 Å². The second kappa shape index (κ2) is 6.51. The highest BCUT2D eigenvalue weighted by Gasteiger charge is 2.77. The zero-order chi connectivity index (χ0) is 20.3. The van der Waals surface area contributed by atoms with Gasteiger partial charge in [0.05, 0.1) is 23.4 Å². The predicted molar refractivity (Wildman–Crippen MR) is 112 cm³/mol. The molecule has 4 aliphatic heterocycles. The van der Waals surface area contributed by atoms with Crippen molar-refractivity contribution in [2.75, 3.05) is 36.7 Å². The fourth-order valence-corrected chi connectivity index (χ4v) is 5.56. The first kappa shape index (κ1) is 18.3. The number of piperidine rings is 1. The molecule has 6 rings (SSSR count). The van der Waals surface area contributed by atoms with Crippen LogP contribution >= 0.6 is 0 Å². The van der Waals surface area contributed by atoms with Gasteiger partial charge in [-0.2, -0.15) is 0 Å². The number of hydrogen-bond donors (Lipinski definition) is 1. The molecule has 4 aliphatic rings. The first-order valence-corrected chi connectivity index (χ1v) is 10.9. The molecule has 0 bridgehead atoms. The van der Waals surface area contributed by atoms with E-state index >= 15 is 0 Å². The van der Waals surface area contributed by atoms with Gasteiger partial charge in [-0.05, 0) is 44.2 Å². The number of quaternary nitrogens is 1. The van der Waals surface area contributed by atoms with Gasteiger partial charge in [0.1, 0.15) is 13.1 Å². The smallest absolute Gasteiger partial charge is 0.311 e. The van der Waals surface area contributed by atoms with Gasteiger partial charge < -0.3 is 24.4 Å². The Morgan fingerprint density at radius 3 is 2.90 bits per heavy atom. The molecular formula is C23H28N3O4+. The molecule has 2 fully saturated rings. The van der Waals surface area contributed by atoms with E-state index in [1.807, 2.05) is 13.0 Å². The summed E-state index contributed by atoms with van der Waals surface area (Å²) in [5.41, 5.74) is 3.17. The van der Waals surface area contributed by atoms with Crippen molar-refractivity contribution in [1.82, 2.24) is 0 Å². The Hall–Kier alpha value is -2.48. The summed E-state index contributed by atoms with van der Waals surface area (Å²) in [5.74, 6) is 1.63. The fourth-order valence-electron chi connectivity index (χ4n) is 5.56. The van der Waals surface area contributed by atoms with Crippen LogP contribution in [0.3, 0.4) is 0 Å². The number of anilines is 2. The molecule has 2 aromatic rings. The minimum atomic E-state index is -0.340. The third-order valence-electron chi connectivity index (χ3n) is 7.05. The number of fused-ring (bicyclic) bond motifs is 3.